The smallest absolute Gasteiger partial charge is 0.325 e. The maximum atomic E-state index is 11.7. The van der Waals surface area contributed by atoms with E-state index in [9.17, 15) is 9.59 Å². The van der Waals surface area contributed by atoms with Gasteiger partial charge in [0.1, 0.15) is 5.54 Å². The summed E-state index contributed by atoms with van der Waals surface area (Å²) < 4.78 is 0. The molecule has 0 aromatic heterocycles. The molecule has 3 amide bonds. The van der Waals surface area contributed by atoms with E-state index in [1.54, 1.807) is 13.8 Å². The van der Waals surface area contributed by atoms with Crippen LogP contribution in [0.4, 0.5) is 4.79 Å². The van der Waals surface area contributed by atoms with Crippen molar-refractivity contribution in [2.45, 2.75) is 38.8 Å². The van der Waals surface area contributed by atoms with Gasteiger partial charge in [-0.25, -0.2) is 4.79 Å². The number of urea groups is 1. The summed E-state index contributed by atoms with van der Waals surface area (Å²) in [7, 11) is 0. The number of aliphatic hydroxyl groups is 1. The standard InChI is InChI=1S/C9H16N2O3/c1-4-9(3)7(13)11(5-6(2)12)8(14)10-9/h6,12H,4-5H2,1-3H3,(H,10,14). The van der Waals surface area contributed by atoms with E-state index in [1.807, 2.05) is 6.92 Å². The van der Waals surface area contributed by atoms with Crippen LogP contribution in [0.2, 0.25) is 0 Å². The largest absolute Gasteiger partial charge is 0.392 e. The van der Waals surface area contributed by atoms with Crippen molar-refractivity contribution in [2.75, 3.05) is 6.54 Å². The van der Waals surface area contributed by atoms with E-state index in [2.05, 4.69) is 5.32 Å². The first kappa shape index (κ1) is 11.0. The number of hydrogen-bond donors (Lipinski definition) is 2. The van der Waals surface area contributed by atoms with Crippen molar-refractivity contribution < 1.29 is 14.7 Å². The average Bonchev–Trinajstić information content (AvgIpc) is 2.30. The highest BCUT2D eigenvalue weighted by Crippen LogP contribution is 2.20. The lowest BCUT2D eigenvalue weighted by molar-refractivity contribution is -0.131. The molecule has 0 spiro atoms. The lowest BCUT2D eigenvalue weighted by atomic mass is 9.99. The molecule has 1 rings (SSSR count). The van der Waals surface area contributed by atoms with Crippen LogP contribution in [0.1, 0.15) is 27.2 Å². The minimum absolute atomic E-state index is 0.0558. The Kier molecular flexibility index (Phi) is 2.80. The molecule has 1 saturated heterocycles. The Balaban J connectivity index is 2.81. The van der Waals surface area contributed by atoms with Gasteiger partial charge in [-0.15, -0.1) is 0 Å². The third-order valence-corrected chi connectivity index (χ3v) is 2.50. The van der Waals surface area contributed by atoms with Crippen LogP contribution in [0.25, 0.3) is 0 Å². The molecule has 1 aliphatic heterocycles. The highest BCUT2D eigenvalue weighted by atomic mass is 16.3. The van der Waals surface area contributed by atoms with Gasteiger partial charge < -0.3 is 10.4 Å². The molecule has 80 valence electrons. The van der Waals surface area contributed by atoms with Gasteiger partial charge in [0.2, 0.25) is 0 Å². The predicted molar refractivity (Wildman–Crippen MR) is 50.6 cm³/mol. The van der Waals surface area contributed by atoms with E-state index in [4.69, 9.17) is 5.11 Å². The van der Waals surface area contributed by atoms with Crippen LogP contribution in [0.3, 0.4) is 0 Å². The minimum atomic E-state index is -0.800. The Morgan fingerprint density at radius 1 is 1.57 bits per heavy atom. The van der Waals surface area contributed by atoms with Crippen molar-refractivity contribution in [3.05, 3.63) is 0 Å². The van der Waals surface area contributed by atoms with Crippen LogP contribution >= 0.6 is 0 Å². The van der Waals surface area contributed by atoms with Crippen LogP contribution in [-0.2, 0) is 4.79 Å². The van der Waals surface area contributed by atoms with Gasteiger partial charge in [0.05, 0.1) is 12.6 Å². The molecule has 5 heteroatoms. The zero-order valence-electron chi connectivity index (χ0n) is 8.70. The molecule has 1 heterocycles. The fourth-order valence-electron chi connectivity index (χ4n) is 1.42. The topological polar surface area (TPSA) is 69.6 Å². The van der Waals surface area contributed by atoms with Crippen LogP contribution < -0.4 is 5.32 Å². The number of imide groups is 1. The molecule has 1 aliphatic rings. The van der Waals surface area contributed by atoms with Gasteiger partial charge in [0.25, 0.3) is 5.91 Å². The van der Waals surface area contributed by atoms with Crippen molar-refractivity contribution >= 4 is 11.9 Å². The maximum Gasteiger partial charge on any atom is 0.325 e. The lowest BCUT2D eigenvalue weighted by Gasteiger charge is -2.19. The van der Waals surface area contributed by atoms with E-state index in [0.29, 0.717) is 6.42 Å². The van der Waals surface area contributed by atoms with Crippen molar-refractivity contribution in [3.8, 4) is 0 Å². The zero-order chi connectivity index (χ0) is 10.9. The molecule has 0 aromatic rings. The van der Waals surface area contributed by atoms with Gasteiger partial charge in [0, 0.05) is 0 Å². The SMILES string of the molecule is CCC1(C)NC(=O)N(CC(C)O)C1=O. The first-order valence-corrected chi connectivity index (χ1v) is 4.73. The summed E-state index contributed by atoms with van der Waals surface area (Å²) in [5.74, 6) is -0.258. The number of β-amino-alcohol motifs (C(OH)–C–C–N with tert-alkyl or cyclic N) is 1. The molecule has 2 N–H and O–H groups in total. The molecule has 2 unspecified atom stereocenters. The number of aliphatic hydroxyl groups excluding tert-OH is 1. The Morgan fingerprint density at radius 2 is 2.14 bits per heavy atom. The van der Waals surface area contributed by atoms with Crippen molar-refractivity contribution in [1.82, 2.24) is 10.2 Å². The summed E-state index contributed by atoms with van der Waals surface area (Å²) in [6, 6.07) is -0.416. The molecular weight excluding hydrogens is 184 g/mol. The Labute approximate surface area is 83.1 Å². The first-order valence-electron chi connectivity index (χ1n) is 4.73. The summed E-state index contributed by atoms with van der Waals surface area (Å²) in [4.78, 5) is 24.2. The zero-order valence-corrected chi connectivity index (χ0v) is 8.70. The molecule has 0 aromatic carbocycles. The van der Waals surface area contributed by atoms with Gasteiger partial charge in [-0.2, -0.15) is 0 Å². The van der Waals surface area contributed by atoms with Crippen molar-refractivity contribution in [3.63, 3.8) is 0 Å². The number of carbonyl (C=O) groups excluding carboxylic acids is 2. The van der Waals surface area contributed by atoms with E-state index < -0.39 is 17.7 Å². The van der Waals surface area contributed by atoms with Crippen molar-refractivity contribution in [2.24, 2.45) is 0 Å². The number of rotatable bonds is 3. The molecule has 2 atom stereocenters. The summed E-state index contributed by atoms with van der Waals surface area (Å²) in [5.41, 5.74) is -0.800. The fourth-order valence-corrected chi connectivity index (χ4v) is 1.42. The van der Waals surface area contributed by atoms with Crippen LogP contribution in [0.15, 0.2) is 0 Å². The lowest BCUT2D eigenvalue weighted by Crippen LogP contribution is -2.43. The molecule has 0 saturated carbocycles. The summed E-state index contributed by atoms with van der Waals surface area (Å²) >= 11 is 0. The van der Waals surface area contributed by atoms with Gasteiger partial charge in [-0.05, 0) is 20.3 Å². The summed E-state index contributed by atoms with van der Waals surface area (Å²) in [6.07, 6.45) is -0.141. The molecule has 0 radical (unpaired) electrons. The quantitative estimate of drug-likeness (QED) is 0.634. The Morgan fingerprint density at radius 3 is 2.50 bits per heavy atom. The van der Waals surface area contributed by atoms with Crippen LogP contribution in [-0.4, -0.2) is 40.1 Å². The summed E-state index contributed by atoms with van der Waals surface area (Å²) in [5, 5.41) is 11.7. The normalized spacial score (nSPS) is 29.3. The highest BCUT2D eigenvalue weighted by Gasteiger charge is 2.46. The molecule has 0 bridgehead atoms. The third-order valence-electron chi connectivity index (χ3n) is 2.50. The number of carbonyl (C=O) groups is 2. The number of amides is 3. The van der Waals surface area contributed by atoms with Crippen LogP contribution in [0.5, 0.6) is 0 Å². The number of nitrogens with zero attached hydrogens (tertiary/aromatic N) is 1. The maximum absolute atomic E-state index is 11.7. The van der Waals surface area contributed by atoms with E-state index in [1.165, 1.54) is 0 Å². The van der Waals surface area contributed by atoms with E-state index in [-0.39, 0.29) is 12.5 Å². The van der Waals surface area contributed by atoms with Crippen molar-refractivity contribution in [1.29, 1.82) is 0 Å². The number of nitrogens with one attached hydrogen (secondary N) is 1. The number of hydrogen-bond acceptors (Lipinski definition) is 3. The highest BCUT2D eigenvalue weighted by molar-refractivity contribution is 6.06. The van der Waals surface area contributed by atoms with Gasteiger partial charge in [0.15, 0.2) is 0 Å². The monoisotopic (exact) mass is 200 g/mol. The Bertz CT molecular complexity index is 265. The molecule has 1 fully saturated rings. The second-order valence-corrected chi connectivity index (χ2v) is 3.88. The molecule has 14 heavy (non-hydrogen) atoms. The Hall–Kier alpha value is -1.10. The molecule has 0 aliphatic carbocycles. The fraction of sp³-hybridized carbons (Fsp3) is 0.778. The minimum Gasteiger partial charge on any atom is -0.392 e. The summed E-state index contributed by atoms with van der Waals surface area (Å²) in [6.45, 7) is 5.13. The van der Waals surface area contributed by atoms with E-state index >= 15 is 0 Å². The van der Waals surface area contributed by atoms with Crippen LogP contribution in [0, 0.1) is 0 Å². The van der Waals surface area contributed by atoms with Gasteiger partial charge in [-0.3, -0.25) is 9.69 Å². The third kappa shape index (κ3) is 1.72. The van der Waals surface area contributed by atoms with E-state index in [0.717, 1.165) is 4.90 Å². The van der Waals surface area contributed by atoms with Gasteiger partial charge >= 0.3 is 6.03 Å². The average molecular weight is 200 g/mol. The first-order chi connectivity index (χ1) is 6.40. The molecule has 5 nitrogen and oxygen atoms in total. The van der Waals surface area contributed by atoms with Gasteiger partial charge in [-0.1, -0.05) is 6.92 Å². The predicted octanol–water partition coefficient (Wildman–Crippen LogP) is 0.0877. The molecular formula is C9H16N2O3. The second kappa shape index (κ2) is 3.57. The second-order valence-electron chi connectivity index (χ2n) is 3.88.